The number of carboxylic acids is 1. The smallest absolute Gasteiger partial charge is 0.471 e. The minimum Gasteiger partial charge on any atom is -0.480 e. The molecule has 0 aromatic heterocycles. The van der Waals surface area contributed by atoms with Gasteiger partial charge in [0.1, 0.15) is 6.04 Å². The Balaban J connectivity index is 1.87. The van der Waals surface area contributed by atoms with Gasteiger partial charge in [0.2, 0.25) is 0 Å². The summed E-state index contributed by atoms with van der Waals surface area (Å²) in [6, 6.07) is 13.0. The van der Waals surface area contributed by atoms with Crippen molar-refractivity contribution in [1.82, 2.24) is 10.6 Å². The van der Waals surface area contributed by atoms with Gasteiger partial charge in [-0.15, -0.1) is 0 Å². The molecule has 2 amide bonds. The molecular weight excluding hydrogens is 429 g/mol. The van der Waals surface area contributed by atoms with Gasteiger partial charge in [0.25, 0.3) is 5.91 Å². The third kappa shape index (κ3) is 7.22. The molecule has 2 aromatic rings. The summed E-state index contributed by atoms with van der Waals surface area (Å²) >= 11 is 0. The van der Waals surface area contributed by atoms with Crippen molar-refractivity contribution in [3.05, 3.63) is 71.3 Å². The lowest BCUT2D eigenvalue weighted by Gasteiger charge is -2.15. The molecule has 32 heavy (non-hydrogen) atoms. The molecular formula is C22H21F3N2O5. The molecule has 0 radical (unpaired) electrons. The van der Waals surface area contributed by atoms with Crippen LogP contribution < -0.4 is 10.6 Å². The quantitative estimate of drug-likeness (QED) is 0.381. The van der Waals surface area contributed by atoms with Crippen LogP contribution in [0, 0.1) is 0 Å². The van der Waals surface area contributed by atoms with Crippen LogP contribution in [0.15, 0.2) is 54.6 Å². The number of halogens is 3. The Morgan fingerprint density at radius 2 is 1.41 bits per heavy atom. The summed E-state index contributed by atoms with van der Waals surface area (Å²) in [5.74, 6) is -4.25. The van der Waals surface area contributed by atoms with Gasteiger partial charge < -0.3 is 15.7 Å². The van der Waals surface area contributed by atoms with Crippen LogP contribution in [-0.2, 0) is 9.59 Å². The average Bonchev–Trinajstić information content (AvgIpc) is 2.77. The Kier molecular flexibility index (Phi) is 8.51. The second-order valence-electron chi connectivity index (χ2n) is 6.89. The van der Waals surface area contributed by atoms with Gasteiger partial charge in [-0.05, 0) is 31.4 Å². The van der Waals surface area contributed by atoms with E-state index in [1.807, 2.05) is 0 Å². The van der Waals surface area contributed by atoms with Crippen LogP contribution in [0.5, 0.6) is 0 Å². The van der Waals surface area contributed by atoms with Crippen molar-refractivity contribution < 1.29 is 37.5 Å². The summed E-state index contributed by atoms with van der Waals surface area (Å²) in [5, 5.41) is 13.3. The highest BCUT2D eigenvalue weighted by Crippen LogP contribution is 2.14. The van der Waals surface area contributed by atoms with Gasteiger partial charge in [-0.3, -0.25) is 14.4 Å². The maximum atomic E-state index is 12.4. The largest absolute Gasteiger partial charge is 0.480 e. The predicted octanol–water partition coefficient (Wildman–Crippen LogP) is 2.95. The standard InChI is InChI=1S/C22H21F3N2O5/c23-22(24,25)21(32)26-13-5-4-8-17(20(30)31)27-19(29)16-11-9-15(10-12-16)18(28)14-6-2-1-3-7-14/h1-3,6-7,9-12,17H,4-5,8,13H2,(H,26,32)(H,27,29)(H,30,31)/t17-/m0/s1. The summed E-state index contributed by atoms with van der Waals surface area (Å²) in [6.45, 7) is -0.268. The number of carbonyl (C=O) groups excluding carboxylic acids is 3. The highest BCUT2D eigenvalue weighted by Gasteiger charge is 2.38. The van der Waals surface area contributed by atoms with Crippen LogP contribution in [-0.4, -0.2) is 47.4 Å². The number of ketones is 1. The molecule has 170 valence electrons. The van der Waals surface area contributed by atoms with Crippen LogP contribution in [0.2, 0.25) is 0 Å². The number of hydrogen-bond donors (Lipinski definition) is 3. The fraction of sp³-hybridized carbons (Fsp3) is 0.273. The first-order valence-corrected chi connectivity index (χ1v) is 9.68. The third-order valence-electron chi connectivity index (χ3n) is 4.51. The number of hydrogen-bond acceptors (Lipinski definition) is 4. The highest BCUT2D eigenvalue weighted by molar-refractivity contribution is 6.09. The number of aliphatic carboxylic acids is 1. The molecule has 2 rings (SSSR count). The lowest BCUT2D eigenvalue weighted by atomic mass is 10.0. The fourth-order valence-electron chi connectivity index (χ4n) is 2.80. The zero-order valence-electron chi connectivity index (χ0n) is 16.8. The summed E-state index contributed by atoms with van der Waals surface area (Å²) < 4.78 is 36.3. The summed E-state index contributed by atoms with van der Waals surface area (Å²) in [7, 11) is 0. The maximum absolute atomic E-state index is 12.4. The third-order valence-corrected chi connectivity index (χ3v) is 4.51. The monoisotopic (exact) mass is 450 g/mol. The lowest BCUT2D eigenvalue weighted by molar-refractivity contribution is -0.173. The lowest BCUT2D eigenvalue weighted by Crippen LogP contribution is -2.41. The van der Waals surface area contributed by atoms with Crippen molar-refractivity contribution in [3.63, 3.8) is 0 Å². The molecule has 3 N–H and O–H groups in total. The second-order valence-corrected chi connectivity index (χ2v) is 6.89. The molecule has 0 heterocycles. The molecule has 0 fully saturated rings. The number of benzene rings is 2. The van der Waals surface area contributed by atoms with E-state index in [0.717, 1.165) is 0 Å². The molecule has 0 bridgehead atoms. The number of alkyl halides is 3. The Morgan fingerprint density at radius 1 is 0.844 bits per heavy atom. The second kappa shape index (κ2) is 11.1. The van der Waals surface area contributed by atoms with Crippen molar-refractivity contribution in [1.29, 1.82) is 0 Å². The summed E-state index contributed by atoms with van der Waals surface area (Å²) in [6.07, 6.45) is -4.73. The average molecular weight is 450 g/mol. The first-order chi connectivity index (χ1) is 15.1. The van der Waals surface area contributed by atoms with E-state index in [1.54, 1.807) is 35.6 Å². The van der Waals surface area contributed by atoms with E-state index < -0.39 is 30.0 Å². The van der Waals surface area contributed by atoms with Crippen LogP contribution in [0.25, 0.3) is 0 Å². The van der Waals surface area contributed by atoms with Gasteiger partial charge >= 0.3 is 18.1 Å². The first kappa shape index (κ1) is 24.6. The number of carbonyl (C=O) groups is 4. The summed E-state index contributed by atoms with van der Waals surface area (Å²) in [4.78, 5) is 46.9. The Morgan fingerprint density at radius 3 is 1.97 bits per heavy atom. The van der Waals surface area contributed by atoms with Crippen LogP contribution in [0.1, 0.15) is 45.5 Å². The minimum atomic E-state index is -4.97. The summed E-state index contributed by atoms with van der Waals surface area (Å²) in [5.41, 5.74) is 1.00. The van der Waals surface area contributed by atoms with Crippen molar-refractivity contribution in [2.24, 2.45) is 0 Å². The zero-order valence-corrected chi connectivity index (χ0v) is 16.8. The van der Waals surface area contributed by atoms with E-state index in [-0.39, 0.29) is 37.2 Å². The fourth-order valence-corrected chi connectivity index (χ4v) is 2.80. The van der Waals surface area contributed by atoms with Gasteiger partial charge in [0.15, 0.2) is 5.78 Å². The number of unbranched alkanes of at least 4 members (excludes halogenated alkanes) is 1. The number of nitrogens with one attached hydrogen (secondary N) is 2. The van der Waals surface area contributed by atoms with E-state index in [0.29, 0.717) is 11.1 Å². The van der Waals surface area contributed by atoms with Crippen molar-refractivity contribution in [3.8, 4) is 0 Å². The van der Waals surface area contributed by atoms with E-state index in [1.165, 1.54) is 24.3 Å². The molecule has 0 aliphatic carbocycles. The van der Waals surface area contributed by atoms with Crippen molar-refractivity contribution in [2.75, 3.05) is 6.54 Å². The van der Waals surface area contributed by atoms with Gasteiger partial charge in [-0.2, -0.15) is 13.2 Å². The number of rotatable bonds is 10. The topological polar surface area (TPSA) is 113 Å². The number of amides is 2. The van der Waals surface area contributed by atoms with E-state index in [4.69, 9.17) is 0 Å². The SMILES string of the molecule is O=C(N[C@@H](CCCCNC(=O)C(F)(F)F)C(=O)O)c1ccc(C(=O)c2ccccc2)cc1. The molecule has 0 unspecified atom stereocenters. The van der Waals surface area contributed by atoms with Crippen molar-refractivity contribution in [2.45, 2.75) is 31.5 Å². The highest BCUT2D eigenvalue weighted by atomic mass is 19.4. The Hall–Kier alpha value is -3.69. The molecule has 1 atom stereocenters. The molecule has 0 saturated carbocycles. The molecule has 0 spiro atoms. The number of carboxylic acid groups (broad SMARTS) is 1. The van der Waals surface area contributed by atoms with Crippen LogP contribution in [0.4, 0.5) is 13.2 Å². The van der Waals surface area contributed by atoms with Crippen LogP contribution >= 0.6 is 0 Å². The Labute approximate surface area is 181 Å². The van der Waals surface area contributed by atoms with E-state index in [2.05, 4.69) is 5.32 Å². The molecule has 0 saturated heterocycles. The van der Waals surface area contributed by atoms with E-state index in [9.17, 15) is 37.5 Å². The van der Waals surface area contributed by atoms with Gasteiger partial charge in [-0.25, -0.2) is 4.79 Å². The Bertz CT molecular complexity index is 960. The molecule has 7 nitrogen and oxygen atoms in total. The first-order valence-electron chi connectivity index (χ1n) is 9.68. The van der Waals surface area contributed by atoms with Gasteiger partial charge in [-0.1, -0.05) is 42.5 Å². The van der Waals surface area contributed by atoms with Crippen LogP contribution in [0.3, 0.4) is 0 Å². The van der Waals surface area contributed by atoms with Crippen molar-refractivity contribution >= 4 is 23.6 Å². The van der Waals surface area contributed by atoms with Gasteiger partial charge in [0.05, 0.1) is 0 Å². The minimum absolute atomic E-state index is 0.0342. The predicted molar refractivity (Wildman–Crippen MR) is 108 cm³/mol. The molecule has 10 heteroatoms. The molecule has 0 aliphatic heterocycles. The zero-order chi connectivity index (χ0) is 23.7. The van der Waals surface area contributed by atoms with E-state index >= 15 is 0 Å². The normalized spacial score (nSPS) is 12.0. The molecule has 2 aromatic carbocycles. The molecule has 0 aliphatic rings. The maximum Gasteiger partial charge on any atom is 0.471 e. The van der Waals surface area contributed by atoms with Gasteiger partial charge in [0, 0.05) is 23.2 Å².